The zero-order chi connectivity index (χ0) is 20.6. The van der Waals surface area contributed by atoms with Crippen molar-refractivity contribution in [1.29, 1.82) is 0 Å². The number of para-hydroxylation sites is 1. The van der Waals surface area contributed by atoms with Crippen LogP contribution in [0.4, 0.5) is 10.8 Å². The number of nitrogens with zero attached hydrogens (tertiary/aromatic N) is 2. The standard InChI is InChI=1S/C21H21N3O3S2/c1-14-7-9-18(10-8-14)29(26,27)23-21-22-17(13-28-21)12-20(25)24-15(2)11-16-5-3-4-6-19(16)24/h3-10,13,15H,11-12H2,1-2H3,(H,22,23)/t15-/m1/s1. The maximum Gasteiger partial charge on any atom is 0.263 e. The van der Waals surface area contributed by atoms with E-state index in [2.05, 4.69) is 9.71 Å². The minimum Gasteiger partial charge on any atom is -0.309 e. The van der Waals surface area contributed by atoms with E-state index < -0.39 is 10.0 Å². The van der Waals surface area contributed by atoms with Gasteiger partial charge in [-0.2, -0.15) is 0 Å². The van der Waals surface area contributed by atoms with Gasteiger partial charge < -0.3 is 4.90 Å². The lowest BCUT2D eigenvalue weighted by Gasteiger charge is -2.22. The number of nitrogens with one attached hydrogen (secondary N) is 1. The van der Waals surface area contributed by atoms with Crippen LogP contribution in [0.5, 0.6) is 0 Å². The fourth-order valence-corrected chi connectivity index (χ4v) is 5.48. The van der Waals surface area contributed by atoms with E-state index in [9.17, 15) is 13.2 Å². The van der Waals surface area contributed by atoms with E-state index in [4.69, 9.17) is 0 Å². The first-order valence-electron chi connectivity index (χ1n) is 9.27. The van der Waals surface area contributed by atoms with Crippen molar-refractivity contribution in [3.05, 3.63) is 70.7 Å². The molecule has 4 rings (SSSR count). The molecule has 1 atom stereocenters. The molecule has 0 radical (unpaired) electrons. The Labute approximate surface area is 174 Å². The highest BCUT2D eigenvalue weighted by atomic mass is 32.2. The number of hydrogen-bond acceptors (Lipinski definition) is 5. The fourth-order valence-electron chi connectivity index (χ4n) is 3.51. The van der Waals surface area contributed by atoms with Gasteiger partial charge >= 0.3 is 0 Å². The monoisotopic (exact) mass is 427 g/mol. The van der Waals surface area contributed by atoms with Gasteiger partial charge in [0.1, 0.15) is 0 Å². The molecule has 29 heavy (non-hydrogen) atoms. The van der Waals surface area contributed by atoms with Crippen LogP contribution in [-0.4, -0.2) is 25.4 Å². The molecule has 6 nitrogen and oxygen atoms in total. The van der Waals surface area contributed by atoms with Crippen LogP contribution >= 0.6 is 11.3 Å². The third-order valence-corrected chi connectivity index (χ3v) is 7.20. The van der Waals surface area contributed by atoms with Crippen molar-refractivity contribution < 1.29 is 13.2 Å². The number of carbonyl (C=O) groups excluding carboxylic acids is 1. The predicted octanol–water partition coefficient (Wildman–Crippen LogP) is 3.77. The van der Waals surface area contributed by atoms with Gasteiger partial charge in [-0.15, -0.1) is 11.3 Å². The number of anilines is 2. The molecule has 3 aromatic rings. The smallest absolute Gasteiger partial charge is 0.263 e. The maximum atomic E-state index is 12.9. The Hall–Kier alpha value is -2.71. The van der Waals surface area contributed by atoms with Crippen molar-refractivity contribution in [3.63, 3.8) is 0 Å². The van der Waals surface area contributed by atoms with Gasteiger partial charge in [0.25, 0.3) is 10.0 Å². The molecule has 1 N–H and O–H groups in total. The van der Waals surface area contributed by atoms with E-state index in [1.165, 1.54) is 11.3 Å². The number of fused-ring (bicyclic) bond motifs is 1. The molecule has 1 amide bonds. The molecular weight excluding hydrogens is 406 g/mol. The van der Waals surface area contributed by atoms with Gasteiger partial charge in [0.05, 0.1) is 17.0 Å². The lowest BCUT2D eigenvalue weighted by atomic mass is 10.1. The highest BCUT2D eigenvalue weighted by molar-refractivity contribution is 7.93. The number of rotatable bonds is 5. The van der Waals surface area contributed by atoms with E-state index in [0.29, 0.717) is 5.69 Å². The number of aryl methyl sites for hydroxylation is 1. The minimum atomic E-state index is -3.71. The summed E-state index contributed by atoms with van der Waals surface area (Å²) in [6, 6.07) is 14.6. The quantitative estimate of drug-likeness (QED) is 0.672. The van der Waals surface area contributed by atoms with E-state index >= 15 is 0 Å². The van der Waals surface area contributed by atoms with Crippen LogP contribution in [0.25, 0.3) is 0 Å². The largest absolute Gasteiger partial charge is 0.309 e. The molecular formula is C21H21N3O3S2. The lowest BCUT2D eigenvalue weighted by Crippen LogP contribution is -2.36. The first-order valence-corrected chi connectivity index (χ1v) is 11.6. The molecule has 1 aromatic heterocycles. The highest BCUT2D eigenvalue weighted by Crippen LogP contribution is 2.32. The van der Waals surface area contributed by atoms with Crippen LogP contribution < -0.4 is 9.62 Å². The summed E-state index contributed by atoms with van der Waals surface area (Å²) in [6.07, 6.45) is 0.960. The van der Waals surface area contributed by atoms with Crippen molar-refractivity contribution in [1.82, 2.24) is 4.98 Å². The number of thiazole rings is 1. The molecule has 2 aromatic carbocycles. The topological polar surface area (TPSA) is 79.4 Å². The van der Waals surface area contributed by atoms with Crippen LogP contribution in [0.1, 0.15) is 23.7 Å². The summed E-state index contributed by atoms with van der Waals surface area (Å²) in [5.41, 5.74) is 3.65. The van der Waals surface area contributed by atoms with Crippen LogP contribution in [0.15, 0.2) is 58.8 Å². The van der Waals surface area contributed by atoms with E-state index in [0.717, 1.165) is 23.2 Å². The first kappa shape index (κ1) is 19.6. The van der Waals surface area contributed by atoms with Crippen molar-refractivity contribution in [2.45, 2.75) is 37.6 Å². The second kappa shape index (κ2) is 7.61. The van der Waals surface area contributed by atoms with Gasteiger partial charge in [-0.05, 0) is 44.0 Å². The summed E-state index contributed by atoms with van der Waals surface area (Å²) < 4.78 is 27.5. The summed E-state index contributed by atoms with van der Waals surface area (Å²) >= 11 is 1.17. The summed E-state index contributed by atoms with van der Waals surface area (Å²) in [4.78, 5) is 19.2. The van der Waals surface area contributed by atoms with E-state index in [1.54, 1.807) is 29.6 Å². The van der Waals surface area contributed by atoms with Gasteiger partial charge in [0.15, 0.2) is 5.13 Å². The van der Waals surface area contributed by atoms with Gasteiger partial charge in [-0.3, -0.25) is 9.52 Å². The molecule has 0 saturated heterocycles. The molecule has 0 aliphatic carbocycles. The maximum absolute atomic E-state index is 12.9. The highest BCUT2D eigenvalue weighted by Gasteiger charge is 2.30. The SMILES string of the molecule is Cc1ccc(S(=O)(=O)Nc2nc(CC(=O)N3c4ccccc4C[C@H]3C)cs2)cc1. The number of hydrogen-bond donors (Lipinski definition) is 1. The average molecular weight is 428 g/mol. The molecule has 0 spiro atoms. The summed E-state index contributed by atoms with van der Waals surface area (Å²) in [5, 5.41) is 1.97. The van der Waals surface area contributed by atoms with Crippen LogP contribution in [-0.2, 0) is 27.7 Å². The molecule has 1 aliphatic heterocycles. The van der Waals surface area contributed by atoms with E-state index in [1.807, 2.05) is 43.0 Å². The Morgan fingerprint density at radius 1 is 1.21 bits per heavy atom. The molecule has 150 valence electrons. The predicted molar refractivity (Wildman–Crippen MR) is 115 cm³/mol. The van der Waals surface area contributed by atoms with Gasteiger partial charge in [-0.1, -0.05) is 35.9 Å². The molecule has 0 unspecified atom stereocenters. The molecule has 1 aliphatic rings. The third-order valence-electron chi connectivity index (χ3n) is 4.91. The summed E-state index contributed by atoms with van der Waals surface area (Å²) in [5.74, 6) is -0.0410. The number of sulfonamides is 1. The second-order valence-corrected chi connectivity index (χ2v) is 9.73. The summed E-state index contributed by atoms with van der Waals surface area (Å²) in [7, 11) is -3.71. The minimum absolute atomic E-state index is 0.0410. The lowest BCUT2D eigenvalue weighted by molar-refractivity contribution is -0.118. The number of benzene rings is 2. The van der Waals surface area contributed by atoms with Gasteiger partial charge in [0, 0.05) is 17.1 Å². The first-order chi connectivity index (χ1) is 13.8. The fraction of sp³-hybridized carbons (Fsp3) is 0.238. The van der Waals surface area contributed by atoms with Crippen molar-refractivity contribution in [2.24, 2.45) is 0 Å². The van der Waals surface area contributed by atoms with Crippen molar-refractivity contribution >= 4 is 38.1 Å². The Bertz CT molecular complexity index is 1150. The van der Waals surface area contributed by atoms with Gasteiger partial charge in [0.2, 0.25) is 5.91 Å². The molecule has 0 bridgehead atoms. The van der Waals surface area contributed by atoms with Crippen LogP contribution in [0, 0.1) is 6.92 Å². The number of aromatic nitrogens is 1. The van der Waals surface area contributed by atoms with E-state index in [-0.39, 0.29) is 28.4 Å². The Morgan fingerprint density at radius 3 is 2.69 bits per heavy atom. The normalized spacial score (nSPS) is 15.9. The Kier molecular flexibility index (Phi) is 5.14. The molecule has 0 fully saturated rings. The molecule has 2 heterocycles. The van der Waals surface area contributed by atoms with Crippen molar-refractivity contribution in [2.75, 3.05) is 9.62 Å². The zero-order valence-corrected chi connectivity index (χ0v) is 17.8. The van der Waals surface area contributed by atoms with Crippen LogP contribution in [0.3, 0.4) is 0 Å². The number of carbonyl (C=O) groups is 1. The third kappa shape index (κ3) is 4.04. The Morgan fingerprint density at radius 2 is 1.93 bits per heavy atom. The number of amides is 1. The van der Waals surface area contributed by atoms with Crippen LogP contribution in [0.2, 0.25) is 0 Å². The molecule has 8 heteroatoms. The molecule has 0 saturated carbocycles. The zero-order valence-electron chi connectivity index (χ0n) is 16.1. The van der Waals surface area contributed by atoms with Gasteiger partial charge in [-0.25, -0.2) is 13.4 Å². The average Bonchev–Trinajstić information content (AvgIpc) is 3.24. The second-order valence-electron chi connectivity index (χ2n) is 7.18. The Balaban J connectivity index is 1.47. The summed E-state index contributed by atoms with van der Waals surface area (Å²) in [6.45, 7) is 3.92. The van der Waals surface area contributed by atoms with Crippen molar-refractivity contribution in [3.8, 4) is 0 Å².